The van der Waals surface area contributed by atoms with Gasteiger partial charge in [-0.25, -0.2) is 0 Å². The van der Waals surface area contributed by atoms with Gasteiger partial charge in [0.05, 0.1) is 5.52 Å². The minimum absolute atomic E-state index is 0.0868. The minimum Gasteiger partial charge on any atom is -0.380 e. The number of hydrogen-bond donors (Lipinski definition) is 1. The molecule has 1 aliphatic rings. The lowest BCUT2D eigenvalue weighted by Gasteiger charge is -2.39. The predicted octanol–water partition coefficient (Wildman–Crippen LogP) is 4.16. The molecule has 2 aromatic rings. The van der Waals surface area contributed by atoms with Crippen molar-refractivity contribution in [3.8, 4) is 0 Å². The van der Waals surface area contributed by atoms with Crippen molar-refractivity contribution in [1.82, 2.24) is 4.57 Å². The zero-order valence-corrected chi connectivity index (χ0v) is 14.7. The van der Waals surface area contributed by atoms with E-state index in [1.165, 1.54) is 22.2 Å². The lowest BCUT2D eigenvalue weighted by Crippen LogP contribution is -2.37. The molecule has 1 atom stereocenters. The van der Waals surface area contributed by atoms with E-state index in [4.69, 9.17) is 0 Å². The third-order valence-electron chi connectivity index (χ3n) is 5.31. The van der Waals surface area contributed by atoms with Crippen LogP contribution < -0.4 is 10.9 Å². The van der Waals surface area contributed by atoms with Gasteiger partial charge in [0.1, 0.15) is 0 Å². The van der Waals surface area contributed by atoms with Crippen molar-refractivity contribution in [1.29, 1.82) is 0 Å². The summed E-state index contributed by atoms with van der Waals surface area (Å²) in [5.41, 5.74) is 7.01. The molecule has 2 heterocycles. The third kappa shape index (κ3) is 1.98. The van der Waals surface area contributed by atoms with Crippen molar-refractivity contribution in [2.24, 2.45) is 7.05 Å². The van der Waals surface area contributed by atoms with Crippen LogP contribution in [0.3, 0.4) is 0 Å². The van der Waals surface area contributed by atoms with Crippen molar-refractivity contribution < 1.29 is 0 Å². The van der Waals surface area contributed by atoms with Crippen LogP contribution in [0.2, 0.25) is 0 Å². The summed E-state index contributed by atoms with van der Waals surface area (Å²) in [6.07, 6.45) is 1.12. The van der Waals surface area contributed by atoms with Gasteiger partial charge in [-0.15, -0.1) is 0 Å². The van der Waals surface area contributed by atoms with Crippen LogP contribution in [0.25, 0.3) is 10.9 Å². The topological polar surface area (TPSA) is 34.0 Å². The second-order valence-corrected chi connectivity index (χ2v) is 7.59. The van der Waals surface area contributed by atoms with E-state index in [1.54, 1.807) is 4.57 Å². The standard InChI is InChI=1S/C19H26N2O/c1-10-9-19(5,6)20-16-13(4)17-15(8-14(10)16)11(2)12(3)18(22)21(17)7/h8,10,20H,9H2,1-7H3. The molecule has 0 saturated heterocycles. The molecular formula is C19H26N2O. The molecule has 1 unspecified atom stereocenters. The van der Waals surface area contributed by atoms with E-state index in [0.717, 1.165) is 23.1 Å². The molecule has 0 radical (unpaired) electrons. The van der Waals surface area contributed by atoms with Gasteiger partial charge >= 0.3 is 0 Å². The Kier molecular flexibility index (Phi) is 3.17. The Morgan fingerprint density at radius 1 is 1.18 bits per heavy atom. The molecule has 22 heavy (non-hydrogen) atoms. The highest BCUT2D eigenvalue weighted by Crippen LogP contribution is 2.43. The summed E-state index contributed by atoms with van der Waals surface area (Å²) in [4.78, 5) is 12.5. The van der Waals surface area contributed by atoms with Gasteiger partial charge < -0.3 is 9.88 Å². The lowest BCUT2D eigenvalue weighted by atomic mass is 9.80. The molecule has 3 rings (SSSR count). The predicted molar refractivity (Wildman–Crippen MR) is 94.1 cm³/mol. The zero-order valence-electron chi connectivity index (χ0n) is 14.7. The Morgan fingerprint density at radius 3 is 2.45 bits per heavy atom. The van der Waals surface area contributed by atoms with Crippen molar-refractivity contribution in [2.45, 2.75) is 59.4 Å². The number of hydrogen-bond acceptors (Lipinski definition) is 2. The first-order valence-corrected chi connectivity index (χ1v) is 8.05. The van der Waals surface area contributed by atoms with Crippen LogP contribution in [0.5, 0.6) is 0 Å². The van der Waals surface area contributed by atoms with Gasteiger partial charge in [-0.3, -0.25) is 4.79 Å². The average molecular weight is 298 g/mol. The monoisotopic (exact) mass is 298 g/mol. The fourth-order valence-electron chi connectivity index (χ4n) is 4.09. The highest BCUT2D eigenvalue weighted by atomic mass is 16.1. The maximum Gasteiger partial charge on any atom is 0.253 e. The smallest absolute Gasteiger partial charge is 0.253 e. The summed E-state index contributed by atoms with van der Waals surface area (Å²) >= 11 is 0. The summed E-state index contributed by atoms with van der Waals surface area (Å²) in [5.74, 6) is 0.520. The number of nitrogens with one attached hydrogen (secondary N) is 1. The van der Waals surface area contributed by atoms with E-state index in [9.17, 15) is 4.79 Å². The molecule has 0 amide bonds. The second kappa shape index (κ2) is 4.61. The van der Waals surface area contributed by atoms with Crippen LogP contribution in [0.4, 0.5) is 5.69 Å². The average Bonchev–Trinajstić information content (AvgIpc) is 2.43. The van der Waals surface area contributed by atoms with Gasteiger partial charge in [0, 0.05) is 29.2 Å². The third-order valence-corrected chi connectivity index (χ3v) is 5.31. The number of anilines is 1. The number of rotatable bonds is 0. The quantitative estimate of drug-likeness (QED) is 0.792. The number of aromatic nitrogens is 1. The Hall–Kier alpha value is -1.77. The van der Waals surface area contributed by atoms with Gasteiger partial charge in [0.2, 0.25) is 0 Å². The number of nitrogens with zero attached hydrogens (tertiary/aromatic N) is 1. The van der Waals surface area contributed by atoms with Crippen molar-refractivity contribution in [2.75, 3.05) is 5.32 Å². The molecule has 118 valence electrons. The first kappa shape index (κ1) is 15.1. The van der Waals surface area contributed by atoms with Gasteiger partial charge in [0.25, 0.3) is 5.56 Å². The largest absolute Gasteiger partial charge is 0.380 e. The zero-order chi connectivity index (χ0) is 16.4. The van der Waals surface area contributed by atoms with Crippen molar-refractivity contribution >= 4 is 16.6 Å². The molecule has 0 bridgehead atoms. The molecular weight excluding hydrogens is 272 g/mol. The molecule has 1 N–H and O–H groups in total. The van der Waals surface area contributed by atoms with Gasteiger partial charge in [-0.1, -0.05) is 6.92 Å². The number of benzene rings is 1. The maximum atomic E-state index is 12.5. The van der Waals surface area contributed by atoms with Crippen LogP contribution >= 0.6 is 0 Å². The fraction of sp³-hybridized carbons (Fsp3) is 0.526. The molecule has 3 nitrogen and oxygen atoms in total. The minimum atomic E-state index is 0.0868. The van der Waals surface area contributed by atoms with E-state index >= 15 is 0 Å². The molecule has 1 aromatic carbocycles. The molecule has 3 heteroatoms. The highest BCUT2D eigenvalue weighted by Gasteiger charge is 2.31. The lowest BCUT2D eigenvalue weighted by molar-refractivity contribution is 0.454. The second-order valence-electron chi connectivity index (χ2n) is 7.59. The van der Waals surface area contributed by atoms with Crippen LogP contribution in [-0.2, 0) is 7.05 Å². The number of pyridine rings is 1. The SMILES string of the molecule is Cc1c(C)c2cc3c(c(C)c2n(C)c1=O)NC(C)(C)CC3C. The van der Waals surface area contributed by atoms with E-state index in [1.807, 2.05) is 14.0 Å². The van der Waals surface area contributed by atoms with Crippen LogP contribution in [-0.4, -0.2) is 10.1 Å². The molecule has 1 aromatic heterocycles. The molecule has 0 spiro atoms. The Balaban J connectivity index is 2.47. The van der Waals surface area contributed by atoms with Gasteiger partial charge in [-0.2, -0.15) is 0 Å². The summed E-state index contributed by atoms with van der Waals surface area (Å²) in [6.45, 7) is 12.9. The summed E-state index contributed by atoms with van der Waals surface area (Å²) in [5, 5.41) is 4.90. The van der Waals surface area contributed by atoms with Crippen LogP contribution in [0.15, 0.2) is 10.9 Å². The first-order chi connectivity index (χ1) is 10.1. The maximum absolute atomic E-state index is 12.5. The Bertz CT molecular complexity index is 843. The molecule has 0 saturated carbocycles. The summed E-state index contributed by atoms with van der Waals surface area (Å²) in [6, 6.07) is 2.30. The van der Waals surface area contributed by atoms with Crippen LogP contribution in [0.1, 0.15) is 55.4 Å². The van der Waals surface area contributed by atoms with Crippen molar-refractivity contribution in [3.63, 3.8) is 0 Å². The molecule has 1 aliphatic heterocycles. The van der Waals surface area contributed by atoms with Crippen LogP contribution in [0, 0.1) is 20.8 Å². The summed E-state index contributed by atoms with van der Waals surface area (Å²) in [7, 11) is 1.88. The van der Waals surface area contributed by atoms with Crippen molar-refractivity contribution in [3.05, 3.63) is 38.7 Å². The van der Waals surface area contributed by atoms with Gasteiger partial charge in [0.15, 0.2) is 0 Å². The summed E-state index contributed by atoms with van der Waals surface area (Å²) < 4.78 is 1.81. The van der Waals surface area contributed by atoms with E-state index in [-0.39, 0.29) is 11.1 Å². The van der Waals surface area contributed by atoms with E-state index < -0.39 is 0 Å². The Labute approximate surface area is 132 Å². The number of fused-ring (bicyclic) bond motifs is 2. The van der Waals surface area contributed by atoms with Gasteiger partial charge in [-0.05, 0) is 69.7 Å². The van der Waals surface area contributed by atoms with E-state index in [0.29, 0.717) is 5.92 Å². The Morgan fingerprint density at radius 2 is 1.82 bits per heavy atom. The normalized spacial score (nSPS) is 19.9. The fourth-order valence-corrected chi connectivity index (χ4v) is 4.09. The highest BCUT2D eigenvalue weighted by molar-refractivity contribution is 5.92. The van der Waals surface area contributed by atoms with E-state index in [2.05, 4.69) is 46.0 Å². The molecule has 0 aliphatic carbocycles. The first-order valence-electron chi connectivity index (χ1n) is 8.05. The molecule has 0 fully saturated rings. The number of aryl methyl sites for hydroxylation is 3.